The number of esters is 2. The number of nitrogens with zero attached hydrogens (tertiary/aromatic N) is 2. The van der Waals surface area contributed by atoms with Crippen molar-refractivity contribution in [1.82, 2.24) is 8.75 Å². The third-order valence-electron chi connectivity index (χ3n) is 3.57. The van der Waals surface area contributed by atoms with Crippen molar-refractivity contribution < 1.29 is 27.5 Å². The van der Waals surface area contributed by atoms with Crippen LogP contribution < -0.4 is 4.72 Å². The van der Waals surface area contributed by atoms with Gasteiger partial charge in [-0.1, -0.05) is 6.07 Å². The molecule has 3 rings (SSSR count). The molecule has 0 aliphatic carbocycles. The van der Waals surface area contributed by atoms with Gasteiger partial charge < -0.3 is 9.47 Å². The monoisotopic (exact) mass is 407 g/mol. The van der Waals surface area contributed by atoms with Gasteiger partial charge >= 0.3 is 11.9 Å². The zero-order chi connectivity index (χ0) is 19.6. The fraction of sp³-hybridized carbons (Fsp3) is 0.125. The minimum atomic E-state index is -4.06. The predicted molar refractivity (Wildman–Crippen MR) is 97.3 cm³/mol. The first-order valence-corrected chi connectivity index (χ1v) is 9.63. The molecule has 0 saturated carbocycles. The van der Waals surface area contributed by atoms with Crippen LogP contribution in [-0.4, -0.2) is 43.3 Å². The number of nitrogens with one attached hydrogen (secondary N) is 1. The van der Waals surface area contributed by atoms with Gasteiger partial charge in [-0.05, 0) is 30.3 Å². The number of hydrogen-bond donors (Lipinski definition) is 1. The number of carbonyl (C=O) groups excluding carboxylic acids is 2. The molecule has 11 heteroatoms. The van der Waals surface area contributed by atoms with E-state index in [4.69, 9.17) is 0 Å². The Kier molecular flexibility index (Phi) is 5.06. The summed E-state index contributed by atoms with van der Waals surface area (Å²) in [5.74, 6) is -1.46. The van der Waals surface area contributed by atoms with Gasteiger partial charge in [0.25, 0.3) is 10.0 Å². The number of carbonyl (C=O) groups is 2. The lowest BCUT2D eigenvalue weighted by molar-refractivity contribution is 0.0599. The molecular weight excluding hydrogens is 394 g/mol. The van der Waals surface area contributed by atoms with E-state index in [9.17, 15) is 18.0 Å². The molecule has 1 heterocycles. The minimum absolute atomic E-state index is 0.00140. The number of rotatable bonds is 5. The second-order valence-corrected chi connectivity index (χ2v) is 7.46. The van der Waals surface area contributed by atoms with E-state index in [1.807, 2.05) is 0 Å². The second kappa shape index (κ2) is 7.29. The summed E-state index contributed by atoms with van der Waals surface area (Å²) in [7, 11) is -1.71. The highest BCUT2D eigenvalue weighted by atomic mass is 32.2. The number of methoxy groups -OCH3 is 2. The Morgan fingerprint density at radius 1 is 1.00 bits per heavy atom. The van der Waals surface area contributed by atoms with Gasteiger partial charge in [0.2, 0.25) is 0 Å². The highest BCUT2D eigenvalue weighted by molar-refractivity contribution is 7.93. The van der Waals surface area contributed by atoms with E-state index >= 15 is 0 Å². The summed E-state index contributed by atoms with van der Waals surface area (Å²) < 4.78 is 45.3. The molecule has 1 aromatic heterocycles. The summed E-state index contributed by atoms with van der Waals surface area (Å²) in [6, 6.07) is 8.34. The van der Waals surface area contributed by atoms with Crippen molar-refractivity contribution in [2.75, 3.05) is 18.9 Å². The Bertz CT molecular complexity index is 1110. The van der Waals surface area contributed by atoms with Crippen LogP contribution in [0.5, 0.6) is 0 Å². The third-order valence-corrected chi connectivity index (χ3v) is 5.52. The SMILES string of the molecule is COC(=O)c1cc(NS(=O)(=O)c2cccc3nsnc23)cc(C(=O)OC)c1. The molecule has 3 aromatic rings. The highest BCUT2D eigenvalue weighted by Gasteiger charge is 2.22. The molecule has 0 amide bonds. The molecular formula is C16H13N3O6S2. The number of aromatic nitrogens is 2. The first kappa shape index (κ1) is 18.7. The maximum atomic E-state index is 12.8. The molecule has 140 valence electrons. The number of hydrogen-bond acceptors (Lipinski definition) is 9. The largest absolute Gasteiger partial charge is 0.465 e. The van der Waals surface area contributed by atoms with Crippen molar-refractivity contribution in [3.05, 3.63) is 47.5 Å². The van der Waals surface area contributed by atoms with Crippen LogP contribution in [0, 0.1) is 0 Å². The molecule has 0 atom stereocenters. The molecule has 0 aliphatic rings. The van der Waals surface area contributed by atoms with Gasteiger partial charge in [-0.15, -0.1) is 0 Å². The van der Waals surface area contributed by atoms with E-state index in [1.54, 1.807) is 12.1 Å². The van der Waals surface area contributed by atoms with Gasteiger partial charge in [-0.25, -0.2) is 18.0 Å². The van der Waals surface area contributed by atoms with Gasteiger partial charge in [-0.2, -0.15) is 8.75 Å². The summed E-state index contributed by atoms with van der Waals surface area (Å²) in [5.41, 5.74) is 0.658. The molecule has 0 aliphatic heterocycles. The molecule has 0 spiro atoms. The van der Waals surface area contributed by atoms with Gasteiger partial charge in [0.1, 0.15) is 15.9 Å². The smallest absolute Gasteiger partial charge is 0.337 e. The highest BCUT2D eigenvalue weighted by Crippen LogP contribution is 2.25. The Morgan fingerprint density at radius 3 is 2.22 bits per heavy atom. The molecule has 0 radical (unpaired) electrons. The lowest BCUT2D eigenvalue weighted by Crippen LogP contribution is -2.15. The second-order valence-electron chi connectivity index (χ2n) is 5.28. The van der Waals surface area contributed by atoms with Gasteiger partial charge in [0.05, 0.1) is 42.8 Å². The average molecular weight is 407 g/mol. The molecule has 1 N–H and O–H groups in total. The van der Waals surface area contributed by atoms with Crippen molar-refractivity contribution in [3.8, 4) is 0 Å². The van der Waals surface area contributed by atoms with Crippen LogP contribution in [0.3, 0.4) is 0 Å². The number of ether oxygens (including phenoxy) is 2. The first-order chi connectivity index (χ1) is 12.9. The number of anilines is 1. The summed E-state index contributed by atoms with van der Waals surface area (Å²) in [4.78, 5) is 23.6. The third kappa shape index (κ3) is 3.73. The van der Waals surface area contributed by atoms with Crippen LogP contribution in [0.25, 0.3) is 11.0 Å². The number of benzene rings is 2. The summed E-state index contributed by atoms with van der Waals surface area (Å²) in [6.45, 7) is 0. The van der Waals surface area contributed by atoms with E-state index in [2.05, 4.69) is 22.9 Å². The Hall–Kier alpha value is -3.05. The zero-order valence-corrected chi connectivity index (χ0v) is 15.8. The fourth-order valence-corrected chi connectivity index (χ4v) is 4.17. The molecule has 0 fully saturated rings. The topological polar surface area (TPSA) is 125 Å². The summed E-state index contributed by atoms with van der Waals surface area (Å²) in [5, 5.41) is 0. The predicted octanol–water partition coefficient (Wildman–Crippen LogP) is 2.07. The van der Waals surface area contributed by atoms with Crippen LogP contribution in [0.15, 0.2) is 41.3 Å². The molecule has 0 unspecified atom stereocenters. The van der Waals surface area contributed by atoms with Crippen molar-refractivity contribution in [2.24, 2.45) is 0 Å². The summed E-state index contributed by atoms with van der Waals surface area (Å²) in [6.07, 6.45) is 0. The quantitative estimate of drug-likeness (QED) is 0.637. The van der Waals surface area contributed by atoms with Crippen molar-refractivity contribution in [2.45, 2.75) is 4.90 Å². The average Bonchev–Trinajstić information content (AvgIpc) is 3.14. The maximum Gasteiger partial charge on any atom is 0.337 e. The summed E-state index contributed by atoms with van der Waals surface area (Å²) >= 11 is 0.894. The Labute approximate surface area is 158 Å². The maximum absolute atomic E-state index is 12.8. The lowest BCUT2D eigenvalue weighted by atomic mass is 10.1. The minimum Gasteiger partial charge on any atom is -0.465 e. The standard InChI is InChI=1S/C16H13N3O6S2/c1-24-15(20)9-6-10(16(21)25-2)8-11(7-9)19-27(22,23)13-5-3-4-12-14(13)18-26-17-12/h3-8,19H,1-2H3. The van der Waals surface area contributed by atoms with Crippen molar-refractivity contribution in [1.29, 1.82) is 0 Å². The van der Waals surface area contributed by atoms with Gasteiger partial charge in [0.15, 0.2) is 0 Å². The fourth-order valence-electron chi connectivity index (χ4n) is 2.37. The van der Waals surface area contributed by atoms with Gasteiger partial charge in [0, 0.05) is 0 Å². The number of sulfonamides is 1. The van der Waals surface area contributed by atoms with Gasteiger partial charge in [-0.3, -0.25) is 4.72 Å². The molecule has 0 bridgehead atoms. The normalized spacial score (nSPS) is 11.2. The lowest BCUT2D eigenvalue weighted by Gasteiger charge is -2.11. The molecule has 0 saturated heterocycles. The molecule has 9 nitrogen and oxygen atoms in total. The van der Waals surface area contributed by atoms with E-state index in [-0.39, 0.29) is 27.2 Å². The van der Waals surface area contributed by atoms with Crippen molar-refractivity contribution in [3.63, 3.8) is 0 Å². The van der Waals surface area contributed by atoms with Crippen LogP contribution in [0.4, 0.5) is 5.69 Å². The Balaban J connectivity index is 2.07. The van der Waals surface area contributed by atoms with E-state index in [1.165, 1.54) is 38.5 Å². The number of fused-ring (bicyclic) bond motifs is 1. The van der Waals surface area contributed by atoms with Crippen LogP contribution in [-0.2, 0) is 19.5 Å². The van der Waals surface area contributed by atoms with Crippen LogP contribution in [0.2, 0.25) is 0 Å². The van der Waals surface area contributed by atoms with E-state index in [0.717, 1.165) is 11.7 Å². The Morgan fingerprint density at radius 2 is 1.63 bits per heavy atom. The van der Waals surface area contributed by atoms with Crippen LogP contribution in [0.1, 0.15) is 20.7 Å². The van der Waals surface area contributed by atoms with E-state index < -0.39 is 22.0 Å². The van der Waals surface area contributed by atoms with E-state index in [0.29, 0.717) is 5.52 Å². The molecule has 2 aromatic carbocycles. The van der Waals surface area contributed by atoms with Crippen LogP contribution >= 0.6 is 11.7 Å². The molecule has 27 heavy (non-hydrogen) atoms. The first-order valence-electron chi connectivity index (χ1n) is 7.41. The zero-order valence-electron chi connectivity index (χ0n) is 14.1. The van der Waals surface area contributed by atoms with Crippen molar-refractivity contribution >= 4 is 50.4 Å².